The molecule has 0 bridgehead atoms. The Morgan fingerprint density at radius 2 is 2.19 bits per heavy atom. The number of nitrogens with zero attached hydrogens (tertiary/aromatic N) is 2. The predicted octanol–water partition coefficient (Wildman–Crippen LogP) is 0.936. The van der Waals surface area contributed by atoms with Crippen LogP contribution in [0.15, 0.2) is 29.4 Å². The van der Waals surface area contributed by atoms with Crippen molar-refractivity contribution in [2.24, 2.45) is 10.9 Å². The topological polar surface area (TPSA) is 91.0 Å². The van der Waals surface area contributed by atoms with Crippen LogP contribution in [-0.4, -0.2) is 47.5 Å². The molecule has 1 heterocycles. The number of carbonyl (C=O) groups excluding carboxylic acids is 1. The van der Waals surface area contributed by atoms with Gasteiger partial charge < -0.3 is 16.3 Å². The summed E-state index contributed by atoms with van der Waals surface area (Å²) in [4.78, 5) is 14.3. The first-order valence-corrected chi connectivity index (χ1v) is 7.15. The molecule has 0 aliphatic carbocycles. The van der Waals surface area contributed by atoms with Crippen molar-refractivity contribution in [2.75, 3.05) is 19.6 Å². The Morgan fingerprint density at radius 1 is 1.48 bits per heavy atom. The van der Waals surface area contributed by atoms with E-state index in [4.69, 9.17) is 10.9 Å². The number of nitrogens with two attached hydrogens (primary N) is 1. The Kier molecular flexibility index (Phi) is 5.16. The van der Waals surface area contributed by atoms with Crippen LogP contribution < -0.4 is 11.1 Å². The molecule has 0 spiro atoms. The van der Waals surface area contributed by atoms with Crippen LogP contribution in [0.4, 0.5) is 0 Å². The minimum Gasteiger partial charge on any atom is -0.409 e. The van der Waals surface area contributed by atoms with Crippen molar-refractivity contribution < 1.29 is 10.0 Å². The lowest BCUT2D eigenvalue weighted by Gasteiger charge is -2.31. The third kappa shape index (κ3) is 4.46. The first-order valence-electron chi connectivity index (χ1n) is 7.15. The standard InChI is InChI=1S/C15H22N4O2/c1-11-3-2-4-12(9-11)15(20)17-13-5-7-19(8-6-13)10-14(16)18-21/h2-4,9,13,21H,5-8,10H2,1H3,(H2,16,18)(H,17,20). The highest BCUT2D eigenvalue weighted by Crippen LogP contribution is 2.11. The van der Waals surface area contributed by atoms with Crippen molar-refractivity contribution in [3.05, 3.63) is 35.4 Å². The second kappa shape index (κ2) is 7.08. The van der Waals surface area contributed by atoms with Gasteiger partial charge in [0.1, 0.15) is 0 Å². The van der Waals surface area contributed by atoms with Crippen LogP contribution >= 0.6 is 0 Å². The number of piperidine rings is 1. The molecule has 1 aromatic carbocycles. The molecular formula is C15H22N4O2. The van der Waals surface area contributed by atoms with Crippen LogP contribution in [0, 0.1) is 6.92 Å². The lowest BCUT2D eigenvalue weighted by atomic mass is 10.0. The molecule has 21 heavy (non-hydrogen) atoms. The van der Waals surface area contributed by atoms with Crippen LogP contribution in [0.25, 0.3) is 0 Å². The van der Waals surface area contributed by atoms with Gasteiger partial charge in [0.2, 0.25) is 0 Å². The maximum Gasteiger partial charge on any atom is 0.251 e. The molecule has 1 aliphatic rings. The average molecular weight is 290 g/mol. The normalized spacial score (nSPS) is 17.7. The smallest absolute Gasteiger partial charge is 0.251 e. The summed E-state index contributed by atoms with van der Waals surface area (Å²) in [6.07, 6.45) is 1.74. The molecule has 6 heteroatoms. The number of aryl methyl sites for hydroxylation is 1. The molecule has 1 amide bonds. The predicted molar refractivity (Wildman–Crippen MR) is 81.5 cm³/mol. The molecule has 1 fully saturated rings. The molecular weight excluding hydrogens is 268 g/mol. The zero-order valence-electron chi connectivity index (χ0n) is 12.2. The number of oxime groups is 1. The number of likely N-dealkylation sites (tertiary alicyclic amines) is 1. The first-order chi connectivity index (χ1) is 10.1. The second-order valence-corrected chi connectivity index (χ2v) is 5.48. The summed E-state index contributed by atoms with van der Waals surface area (Å²) in [5.41, 5.74) is 7.28. The van der Waals surface area contributed by atoms with Crippen LogP contribution in [-0.2, 0) is 0 Å². The summed E-state index contributed by atoms with van der Waals surface area (Å²) in [7, 11) is 0. The molecule has 0 atom stereocenters. The van der Waals surface area contributed by atoms with Gasteiger partial charge in [-0.05, 0) is 31.9 Å². The van der Waals surface area contributed by atoms with Gasteiger partial charge in [-0.15, -0.1) is 0 Å². The van der Waals surface area contributed by atoms with Gasteiger partial charge in [0.15, 0.2) is 5.84 Å². The van der Waals surface area contributed by atoms with Crippen molar-refractivity contribution in [1.82, 2.24) is 10.2 Å². The van der Waals surface area contributed by atoms with Crippen molar-refractivity contribution >= 4 is 11.7 Å². The van der Waals surface area contributed by atoms with E-state index in [2.05, 4.69) is 15.4 Å². The second-order valence-electron chi connectivity index (χ2n) is 5.48. The third-order valence-electron chi connectivity index (χ3n) is 3.72. The summed E-state index contributed by atoms with van der Waals surface area (Å²) < 4.78 is 0. The number of amidine groups is 1. The van der Waals surface area contributed by atoms with Gasteiger partial charge in [-0.2, -0.15) is 0 Å². The summed E-state index contributed by atoms with van der Waals surface area (Å²) in [6.45, 7) is 4.10. The molecule has 1 saturated heterocycles. The zero-order valence-corrected chi connectivity index (χ0v) is 12.2. The van der Waals surface area contributed by atoms with E-state index in [1.54, 1.807) is 0 Å². The van der Waals surface area contributed by atoms with E-state index < -0.39 is 0 Å². The highest BCUT2D eigenvalue weighted by molar-refractivity contribution is 5.94. The summed E-state index contributed by atoms with van der Waals surface area (Å²) >= 11 is 0. The SMILES string of the molecule is Cc1cccc(C(=O)NC2CCN(CC(N)=NO)CC2)c1. The van der Waals surface area contributed by atoms with Gasteiger partial charge in [-0.1, -0.05) is 22.9 Å². The van der Waals surface area contributed by atoms with Crippen LogP contribution in [0.2, 0.25) is 0 Å². The molecule has 0 unspecified atom stereocenters. The Balaban J connectivity index is 1.82. The van der Waals surface area contributed by atoms with Gasteiger partial charge in [0.05, 0.1) is 6.54 Å². The first kappa shape index (κ1) is 15.3. The van der Waals surface area contributed by atoms with Crippen LogP contribution in [0.5, 0.6) is 0 Å². The number of rotatable bonds is 4. The van der Waals surface area contributed by atoms with Crippen molar-refractivity contribution in [3.63, 3.8) is 0 Å². The molecule has 6 nitrogen and oxygen atoms in total. The number of amides is 1. The van der Waals surface area contributed by atoms with Crippen molar-refractivity contribution in [3.8, 4) is 0 Å². The number of benzene rings is 1. The minimum atomic E-state index is -0.0198. The quantitative estimate of drug-likeness (QED) is 0.333. The molecule has 114 valence electrons. The van der Waals surface area contributed by atoms with Gasteiger partial charge in [0.25, 0.3) is 5.91 Å². The zero-order chi connectivity index (χ0) is 15.2. The van der Waals surface area contributed by atoms with E-state index in [0.717, 1.165) is 31.5 Å². The highest BCUT2D eigenvalue weighted by Gasteiger charge is 2.21. The van der Waals surface area contributed by atoms with E-state index in [0.29, 0.717) is 12.1 Å². The fraction of sp³-hybridized carbons (Fsp3) is 0.467. The molecule has 0 aromatic heterocycles. The monoisotopic (exact) mass is 290 g/mol. The Bertz CT molecular complexity index is 522. The lowest BCUT2D eigenvalue weighted by Crippen LogP contribution is -2.46. The van der Waals surface area contributed by atoms with Gasteiger partial charge in [-0.3, -0.25) is 9.69 Å². The summed E-state index contributed by atoms with van der Waals surface area (Å²) in [6, 6.07) is 7.77. The van der Waals surface area contributed by atoms with Crippen LogP contribution in [0.3, 0.4) is 0 Å². The van der Waals surface area contributed by atoms with E-state index >= 15 is 0 Å². The highest BCUT2D eigenvalue weighted by atomic mass is 16.4. The average Bonchev–Trinajstić information content (AvgIpc) is 2.49. The Hall–Kier alpha value is -2.08. The summed E-state index contributed by atoms with van der Waals surface area (Å²) in [5, 5.41) is 14.6. The molecule has 2 rings (SSSR count). The Morgan fingerprint density at radius 3 is 2.81 bits per heavy atom. The van der Waals surface area contributed by atoms with E-state index in [9.17, 15) is 4.79 Å². The fourth-order valence-corrected chi connectivity index (χ4v) is 2.55. The number of carbonyl (C=O) groups is 1. The third-order valence-corrected chi connectivity index (χ3v) is 3.72. The number of hydrogen-bond donors (Lipinski definition) is 3. The Labute approximate surface area is 124 Å². The maximum atomic E-state index is 12.2. The largest absolute Gasteiger partial charge is 0.409 e. The fourth-order valence-electron chi connectivity index (χ4n) is 2.55. The summed E-state index contributed by atoms with van der Waals surface area (Å²) in [5.74, 6) is 0.200. The molecule has 1 aliphatic heterocycles. The van der Waals surface area contributed by atoms with Crippen LogP contribution in [0.1, 0.15) is 28.8 Å². The van der Waals surface area contributed by atoms with E-state index in [1.807, 2.05) is 31.2 Å². The van der Waals surface area contributed by atoms with E-state index in [1.165, 1.54) is 0 Å². The number of nitrogens with one attached hydrogen (secondary N) is 1. The minimum absolute atomic E-state index is 0.0198. The van der Waals surface area contributed by atoms with Gasteiger partial charge in [0, 0.05) is 24.7 Å². The van der Waals surface area contributed by atoms with E-state index in [-0.39, 0.29) is 17.8 Å². The molecule has 1 aromatic rings. The van der Waals surface area contributed by atoms with Gasteiger partial charge in [-0.25, -0.2) is 0 Å². The number of hydrogen-bond acceptors (Lipinski definition) is 4. The van der Waals surface area contributed by atoms with Crippen molar-refractivity contribution in [1.29, 1.82) is 0 Å². The van der Waals surface area contributed by atoms with Gasteiger partial charge >= 0.3 is 0 Å². The molecule has 4 N–H and O–H groups in total. The molecule has 0 saturated carbocycles. The van der Waals surface area contributed by atoms with Crippen molar-refractivity contribution in [2.45, 2.75) is 25.8 Å². The maximum absolute atomic E-state index is 12.2. The lowest BCUT2D eigenvalue weighted by molar-refractivity contribution is 0.0914. The molecule has 0 radical (unpaired) electrons.